The van der Waals surface area contributed by atoms with Crippen LogP contribution in [-0.4, -0.2) is 52.5 Å². The molecule has 0 aliphatic carbocycles. The van der Waals surface area contributed by atoms with Crippen LogP contribution >= 0.6 is 0 Å². The number of hydrogen-bond donors (Lipinski definition) is 0. The maximum atomic E-state index is 12.4. The zero-order valence-electron chi connectivity index (χ0n) is 16.6. The van der Waals surface area contributed by atoms with Crippen molar-refractivity contribution in [3.8, 4) is 0 Å². The molecule has 0 N–H and O–H groups in total. The number of nitrogens with zero attached hydrogens (tertiary/aromatic N) is 3. The van der Waals surface area contributed by atoms with Gasteiger partial charge < -0.3 is 14.4 Å². The van der Waals surface area contributed by atoms with Crippen molar-refractivity contribution in [2.75, 3.05) is 20.2 Å². The first-order valence-electron chi connectivity index (χ1n) is 9.29. The Labute approximate surface area is 159 Å². The van der Waals surface area contributed by atoms with Crippen LogP contribution in [0, 0.1) is 0 Å². The monoisotopic (exact) mass is 373 g/mol. The van der Waals surface area contributed by atoms with Gasteiger partial charge in [-0.1, -0.05) is 6.07 Å². The summed E-state index contributed by atoms with van der Waals surface area (Å²) < 4.78 is 12.2. The van der Waals surface area contributed by atoms with Crippen molar-refractivity contribution in [2.45, 2.75) is 52.2 Å². The van der Waals surface area contributed by atoms with Crippen LogP contribution in [0.5, 0.6) is 0 Å². The number of fused-ring (bicyclic) bond motifs is 1. The number of rotatable bonds is 3. The Balaban J connectivity index is 1.90. The summed E-state index contributed by atoms with van der Waals surface area (Å²) in [5, 5.41) is 5.49. The topological polar surface area (TPSA) is 73.7 Å². The average molecular weight is 373 g/mol. The summed E-state index contributed by atoms with van der Waals surface area (Å²) in [6.07, 6.45) is 2.54. The smallest absolute Gasteiger partial charge is 0.410 e. The van der Waals surface area contributed by atoms with Gasteiger partial charge in [0.15, 0.2) is 0 Å². The second-order valence-electron chi connectivity index (χ2n) is 7.85. The van der Waals surface area contributed by atoms with Gasteiger partial charge in [0.05, 0.1) is 12.7 Å². The number of amides is 1. The lowest BCUT2D eigenvalue weighted by molar-refractivity contribution is 0.0292. The molecule has 1 aromatic heterocycles. The molecular formula is C20H27N3O4. The fourth-order valence-electron chi connectivity index (χ4n) is 3.47. The van der Waals surface area contributed by atoms with E-state index in [2.05, 4.69) is 5.10 Å². The summed E-state index contributed by atoms with van der Waals surface area (Å²) in [7, 11) is 1.37. The summed E-state index contributed by atoms with van der Waals surface area (Å²) in [6.45, 7) is 9.57. The Morgan fingerprint density at radius 2 is 2.04 bits per heavy atom. The lowest BCUT2D eigenvalue weighted by atomic mass is 9.93. The summed E-state index contributed by atoms with van der Waals surface area (Å²) in [6, 6.07) is 3.73. The average Bonchev–Trinajstić information content (AvgIpc) is 3.25. The molecular weight excluding hydrogens is 346 g/mol. The highest BCUT2D eigenvalue weighted by atomic mass is 16.6. The minimum Gasteiger partial charge on any atom is -0.465 e. The molecule has 1 fully saturated rings. The number of aromatic nitrogens is 2. The van der Waals surface area contributed by atoms with Gasteiger partial charge in [0.1, 0.15) is 11.1 Å². The molecule has 1 aliphatic rings. The van der Waals surface area contributed by atoms with Crippen LogP contribution in [0.4, 0.5) is 4.79 Å². The first-order valence-corrected chi connectivity index (χ1v) is 9.29. The van der Waals surface area contributed by atoms with E-state index in [4.69, 9.17) is 9.47 Å². The lowest BCUT2D eigenvalue weighted by Crippen LogP contribution is -2.35. The highest BCUT2D eigenvalue weighted by Gasteiger charge is 2.32. The Morgan fingerprint density at radius 1 is 1.30 bits per heavy atom. The number of esters is 1. The van der Waals surface area contributed by atoms with E-state index in [0.29, 0.717) is 30.7 Å². The number of hydrogen-bond acceptors (Lipinski definition) is 5. The molecule has 1 saturated heterocycles. The Hall–Kier alpha value is -2.57. The van der Waals surface area contributed by atoms with Crippen molar-refractivity contribution in [2.24, 2.45) is 0 Å². The maximum absolute atomic E-state index is 12.4. The van der Waals surface area contributed by atoms with Gasteiger partial charge in [-0.25, -0.2) is 9.59 Å². The molecule has 0 radical (unpaired) electrons. The van der Waals surface area contributed by atoms with E-state index < -0.39 is 11.6 Å². The van der Waals surface area contributed by atoms with Gasteiger partial charge in [-0.2, -0.15) is 5.10 Å². The fraction of sp³-hybridized carbons (Fsp3) is 0.550. The molecule has 1 amide bonds. The minimum atomic E-state index is -0.507. The van der Waals surface area contributed by atoms with Gasteiger partial charge in [0.25, 0.3) is 0 Å². The van der Waals surface area contributed by atoms with Crippen LogP contribution in [0.15, 0.2) is 18.3 Å². The largest absolute Gasteiger partial charge is 0.465 e. The van der Waals surface area contributed by atoms with E-state index >= 15 is 0 Å². The van der Waals surface area contributed by atoms with Gasteiger partial charge in [0, 0.05) is 37.1 Å². The molecule has 1 atom stereocenters. The molecule has 0 bridgehead atoms. The second-order valence-corrected chi connectivity index (χ2v) is 7.85. The second kappa shape index (κ2) is 7.21. The molecule has 1 aliphatic heterocycles. The summed E-state index contributed by atoms with van der Waals surface area (Å²) in [5.41, 5.74) is 1.71. The molecule has 0 saturated carbocycles. The van der Waals surface area contributed by atoms with Crippen LogP contribution in [0.25, 0.3) is 10.9 Å². The van der Waals surface area contributed by atoms with Crippen molar-refractivity contribution in [1.29, 1.82) is 0 Å². The first kappa shape index (κ1) is 19.2. The van der Waals surface area contributed by atoms with Crippen LogP contribution < -0.4 is 0 Å². The van der Waals surface area contributed by atoms with Gasteiger partial charge >= 0.3 is 12.1 Å². The van der Waals surface area contributed by atoms with Gasteiger partial charge in [-0.15, -0.1) is 0 Å². The van der Waals surface area contributed by atoms with Crippen LogP contribution in [0.2, 0.25) is 0 Å². The number of carbonyl (C=O) groups excluding carboxylic acids is 2. The van der Waals surface area contributed by atoms with Crippen molar-refractivity contribution in [3.05, 3.63) is 29.5 Å². The quantitative estimate of drug-likeness (QED) is 0.769. The zero-order chi connectivity index (χ0) is 19.8. The molecule has 2 aromatic rings. The van der Waals surface area contributed by atoms with Crippen molar-refractivity contribution in [3.63, 3.8) is 0 Å². The number of aryl methyl sites for hydroxylation is 1. The third kappa shape index (κ3) is 3.91. The molecule has 7 nitrogen and oxygen atoms in total. The summed E-state index contributed by atoms with van der Waals surface area (Å²) in [5.74, 6) is -0.212. The van der Waals surface area contributed by atoms with E-state index in [9.17, 15) is 9.59 Å². The van der Waals surface area contributed by atoms with Crippen molar-refractivity contribution >= 4 is 23.0 Å². The van der Waals surface area contributed by atoms with E-state index in [1.807, 2.05) is 44.6 Å². The molecule has 1 unspecified atom stereocenters. The van der Waals surface area contributed by atoms with Crippen LogP contribution in [0.1, 0.15) is 56.0 Å². The molecule has 0 spiro atoms. The fourth-order valence-corrected chi connectivity index (χ4v) is 3.47. The molecule has 146 valence electrons. The predicted molar refractivity (Wildman–Crippen MR) is 102 cm³/mol. The lowest BCUT2D eigenvalue weighted by Gasteiger charge is -2.24. The molecule has 1 aromatic carbocycles. The van der Waals surface area contributed by atoms with E-state index in [1.165, 1.54) is 7.11 Å². The number of likely N-dealkylation sites (tertiary alicyclic amines) is 1. The highest BCUT2D eigenvalue weighted by Crippen LogP contribution is 2.34. The van der Waals surface area contributed by atoms with Crippen molar-refractivity contribution < 1.29 is 19.1 Å². The molecule has 2 heterocycles. The van der Waals surface area contributed by atoms with Gasteiger partial charge in [-0.05, 0) is 45.7 Å². The van der Waals surface area contributed by atoms with Crippen molar-refractivity contribution in [1.82, 2.24) is 14.7 Å². The summed E-state index contributed by atoms with van der Waals surface area (Å²) >= 11 is 0. The van der Waals surface area contributed by atoms with E-state index in [1.54, 1.807) is 11.0 Å². The Morgan fingerprint density at radius 3 is 2.67 bits per heavy atom. The SMILES string of the molecule is CCn1cc2c(C3CCN(C(=O)OC(C)(C)C)C3)ccc(C(=O)OC)c2n1. The maximum Gasteiger partial charge on any atom is 0.410 e. The molecule has 7 heteroatoms. The predicted octanol–water partition coefficient (Wildman–Crippen LogP) is 3.57. The molecule has 27 heavy (non-hydrogen) atoms. The molecule has 3 rings (SSSR count). The minimum absolute atomic E-state index is 0.182. The third-order valence-corrected chi connectivity index (χ3v) is 4.77. The number of carbonyl (C=O) groups is 2. The van der Waals surface area contributed by atoms with Gasteiger partial charge in [0.2, 0.25) is 0 Å². The normalized spacial score (nSPS) is 17.4. The number of methoxy groups -OCH3 is 1. The van der Waals surface area contributed by atoms with E-state index in [0.717, 1.165) is 17.4 Å². The zero-order valence-corrected chi connectivity index (χ0v) is 16.6. The number of benzene rings is 1. The third-order valence-electron chi connectivity index (χ3n) is 4.77. The Bertz CT molecular complexity index is 866. The standard InChI is InChI=1S/C20H27N3O4/c1-6-23-12-16-14(7-8-15(17(16)21-23)18(24)26-5)13-9-10-22(11-13)19(25)27-20(2,3)4/h7-8,12-13H,6,9-11H2,1-5H3. The summed E-state index contributed by atoms with van der Waals surface area (Å²) in [4.78, 5) is 26.2. The Kier molecular flexibility index (Phi) is 5.13. The highest BCUT2D eigenvalue weighted by molar-refractivity contribution is 6.03. The van der Waals surface area contributed by atoms with Crippen LogP contribution in [0.3, 0.4) is 0 Å². The van der Waals surface area contributed by atoms with E-state index in [-0.39, 0.29) is 12.0 Å². The van der Waals surface area contributed by atoms with Gasteiger partial charge in [-0.3, -0.25) is 4.68 Å². The first-order chi connectivity index (χ1) is 12.7. The number of ether oxygens (including phenoxy) is 2. The van der Waals surface area contributed by atoms with Crippen LogP contribution in [-0.2, 0) is 16.0 Å².